The van der Waals surface area contributed by atoms with Crippen molar-refractivity contribution < 1.29 is 9.53 Å². The fraction of sp³-hybridized carbons (Fsp3) is 0.571. The number of aromatic nitrogens is 4. The summed E-state index contributed by atoms with van der Waals surface area (Å²) < 4.78 is 5.86. The lowest BCUT2D eigenvalue weighted by Crippen LogP contribution is -2.36. The van der Waals surface area contributed by atoms with E-state index in [9.17, 15) is 4.79 Å². The summed E-state index contributed by atoms with van der Waals surface area (Å²) in [6.07, 6.45) is 12.6. The van der Waals surface area contributed by atoms with Crippen LogP contribution >= 0.6 is 0 Å². The first-order valence-electron chi connectivity index (χ1n) is 10.5. The van der Waals surface area contributed by atoms with E-state index in [1.165, 1.54) is 0 Å². The molecule has 8 nitrogen and oxygen atoms in total. The molecule has 8 heteroatoms. The van der Waals surface area contributed by atoms with Gasteiger partial charge in [0.05, 0.1) is 37.1 Å². The van der Waals surface area contributed by atoms with Crippen LogP contribution in [-0.2, 0) is 11.2 Å². The van der Waals surface area contributed by atoms with Gasteiger partial charge < -0.3 is 9.64 Å². The average molecular weight is 396 g/mol. The zero-order valence-corrected chi connectivity index (χ0v) is 17.0. The number of carbonyl (C=O) groups is 1. The molecule has 29 heavy (non-hydrogen) atoms. The molecule has 0 aromatic carbocycles. The fourth-order valence-electron chi connectivity index (χ4n) is 3.80. The van der Waals surface area contributed by atoms with E-state index in [1.54, 1.807) is 17.3 Å². The molecule has 4 rings (SSSR count). The SMILES string of the molecule is CCc1cnc(N2CCC(COc3cnc(N4CCCCC4=O)cn3)CC2)cn1. The molecule has 0 atom stereocenters. The topological polar surface area (TPSA) is 84.3 Å². The number of carbonyl (C=O) groups excluding carboxylic acids is 1. The van der Waals surface area contributed by atoms with E-state index in [2.05, 4.69) is 31.8 Å². The van der Waals surface area contributed by atoms with Crippen molar-refractivity contribution in [2.45, 2.75) is 45.4 Å². The van der Waals surface area contributed by atoms with Crippen LogP contribution in [0.2, 0.25) is 0 Å². The Labute approximate surface area is 171 Å². The highest BCUT2D eigenvalue weighted by Crippen LogP contribution is 2.23. The Balaban J connectivity index is 1.24. The van der Waals surface area contributed by atoms with E-state index in [-0.39, 0.29) is 5.91 Å². The number of piperidine rings is 2. The molecule has 2 aliphatic heterocycles. The van der Waals surface area contributed by atoms with E-state index in [0.717, 1.165) is 63.3 Å². The molecule has 2 aliphatic rings. The van der Waals surface area contributed by atoms with Crippen LogP contribution < -0.4 is 14.5 Å². The van der Waals surface area contributed by atoms with Crippen molar-refractivity contribution in [3.05, 3.63) is 30.5 Å². The Morgan fingerprint density at radius 3 is 2.41 bits per heavy atom. The minimum absolute atomic E-state index is 0.125. The zero-order chi connectivity index (χ0) is 20.1. The standard InChI is InChI=1S/C21H28N6O2/c1-2-17-11-23-18(12-22-17)26-9-6-16(7-10-26)15-29-20-14-24-19(13-25-20)27-8-4-3-5-21(27)28/h11-14,16H,2-10,15H2,1H3. The lowest BCUT2D eigenvalue weighted by atomic mass is 9.98. The summed E-state index contributed by atoms with van der Waals surface area (Å²) in [5.41, 5.74) is 1.02. The number of nitrogens with zero attached hydrogens (tertiary/aromatic N) is 6. The summed E-state index contributed by atoms with van der Waals surface area (Å²) in [7, 11) is 0. The van der Waals surface area contributed by atoms with Crippen molar-refractivity contribution >= 4 is 17.5 Å². The van der Waals surface area contributed by atoms with Gasteiger partial charge in [-0.15, -0.1) is 0 Å². The highest BCUT2D eigenvalue weighted by Gasteiger charge is 2.22. The zero-order valence-electron chi connectivity index (χ0n) is 17.0. The second-order valence-corrected chi connectivity index (χ2v) is 7.68. The summed E-state index contributed by atoms with van der Waals surface area (Å²) in [5, 5.41) is 0. The Bertz CT molecular complexity index is 803. The fourth-order valence-corrected chi connectivity index (χ4v) is 3.80. The predicted molar refractivity (Wildman–Crippen MR) is 110 cm³/mol. The second kappa shape index (κ2) is 9.15. The van der Waals surface area contributed by atoms with Gasteiger partial charge in [0, 0.05) is 26.1 Å². The van der Waals surface area contributed by atoms with Gasteiger partial charge in [-0.1, -0.05) is 6.92 Å². The minimum atomic E-state index is 0.125. The molecule has 0 radical (unpaired) electrons. The number of aryl methyl sites for hydroxylation is 1. The van der Waals surface area contributed by atoms with Gasteiger partial charge in [0.2, 0.25) is 11.8 Å². The molecule has 4 heterocycles. The Morgan fingerprint density at radius 2 is 1.76 bits per heavy atom. The van der Waals surface area contributed by atoms with Crippen LogP contribution in [0.25, 0.3) is 0 Å². The molecule has 0 saturated carbocycles. The molecule has 2 saturated heterocycles. The minimum Gasteiger partial charge on any atom is -0.476 e. The highest BCUT2D eigenvalue weighted by molar-refractivity contribution is 5.92. The summed E-state index contributed by atoms with van der Waals surface area (Å²) in [4.78, 5) is 33.7. The van der Waals surface area contributed by atoms with Gasteiger partial charge in [-0.25, -0.2) is 15.0 Å². The second-order valence-electron chi connectivity index (χ2n) is 7.68. The number of hydrogen-bond acceptors (Lipinski definition) is 7. The third-order valence-electron chi connectivity index (χ3n) is 5.67. The molecule has 0 N–H and O–H groups in total. The molecule has 154 valence electrons. The largest absolute Gasteiger partial charge is 0.476 e. The van der Waals surface area contributed by atoms with E-state index >= 15 is 0 Å². The maximum absolute atomic E-state index is 12.0. The average Bonchev–Trinajstić information content (AvgIpc) is 2.79. The summed E-state index contributed by atoms with van der Waals surface area (Å²) in [6.45, 7) is 5.34. The maximum atomic E-state index is 12.0. The molecule has 2 fully saturated rings. The first-order valence-corrected chi connectivity index (χ1v) is 10.5. The predicted octanol–water partition coefficient (Wildman–Crippen LogP) is 2.64. The van der Waals surface area contributed by atoms with Crippen molar-refractivity contribution in [2.24, 2.45) is 5.92 Å². The van der Waals surface area contributed by atoms with Gasteiger partial charge in [0.15, 0.2) is 5.82 Å². The van der Waals surface area contributed by atoms with Gasteiger partial charge in [-0.2, -0.15) is 0 Å². The van der Waals surface area contributed by atoms with Crippen LogP contribution in [0.15, 0.2) is 24.8 Å². The smallest absolute Gasteiger partial charge is 0.232 e. The van der Waals surface area contributed by atoms with Gasteiger partial charge >= 0.3 is 0 Å². The third kappa shape index (κ3) is 4.81. The lowest BCUT2D eigenvalue weighted by molar-refractivity contribution is -0.119. The molecule has 0 unspecified atom stereocenters. The van der Waals surface area contributed by atoms with Crippen molar-refractivity contribution in [1.82, 2.24) is 19.9 Å². The first kappa shape index (κ1) is 19.5. The normalized spacial score (nSPS) is 18.2. The van der Waals surface area contributed by atoms with Crippen molar-refractivity contribution in [1.29, 1.82) is 0 Å². The molecule has 2 aromatic rings. The third-order valence-corrected chi connectivity index (χ3v) is 5.67. The van der Waals surface area contributed by atoms with Crippen LogP contribution in [0.3, 0.4) is 0 Å². The van der Waals surface area contributed by atoms with Gasteiger partial charge in [0.1, 0.15) is 5.82 Å². The van der Waals surface area contributed by atoms with E-state index in [4.69, 9.17) is 4.74 Å². The van der Waals surface area contributed by atoms with Crippen molar-refractivity contribution in [3.63, 3.8) is 0 Å². The molecular formula is C21H28N6O2. The van der Waals surface area contributed by atoms with Crippen molar-refractivity contribution in [3.8, 4) is 5.88 Å². The summed E-state index contributed by atoms with van der Waals surface area (Å²) in [6, 6.07) is 0. The number of hydrogen-bond donors (Lipinski definition) is 0. The molecule has 1 amide bonds. The maximum Gasteiger partial charge on any atom is 0.232 e. The monoisotopic (exact) mass is 396 g/mol. The molecule has 0 spiro atoms. The Morgan fingerprint density at radius 1 is 0.966 bits per heavy atom. The number of amides is 1. The molecular weight excluding hydrogens is 368 g/mol. The summed E-state index contributed by atoms with van der Waals surface area (Å²) in [5.74, 6) is 2.70. The van der Waals surface area contributed by atoms with Gasteiger partial charge in [-0.3, -0.25) is 14.7 Å². The van der Waals surface area contributed by atoms with Crippen LogP contribution in [-0.4, -0.2) is 52.1 Å². The van der Waals surface area contributed by atoms with Gasteiger partial charge in [0.25, 0.3) is 0 Å². The van der Waals surface area contributed by atoms with Crippen molar-refractivity contribution in [2.75, 3.05) is 36.0 Å². The number of anilines is 2. The Hall–Kier alpha value is -2.77. The van der Waals surface area contributed by atoms with Crippen LogP contribution in [0.1, 0.15) is 44.7 Å². The molecule has 0 bridgehead atoms. The van der Waals surface area contributed by atoms with Crippen LogP contribution in [0, 0.1) is 5.92 Å². The van der Waals surface area contributed by atoms with E-state index < -0.39 is 0 Å². The van der Waals surface area contributed by atoms with Crippen LogP contribution in [0.4, 0.5) is 11.6 Å². The van der Waals surface area contributed by atoms with E-state index in [1.807, 2.05) is 12.4 Å². The Kier molecular flexibility index (Phi) is 6.17. The first-order chi connectivity index (χ1) is 14.2. The highest BCUT2D eigenvalue weighted by atomic mass is 16.5. The van der Waals surface area contributed by atoms with E-state index in [0.29, 0.717) is 30.6 Å². The quantitative estimate of drug-likeness (QED) is 0.742. The number of ether oxygens (including phenoxy) is 1. The lowest BCUT2D eigenvalue weighted by Gasteiger charge is -2.32. The summed E-state index contributed by atoms with van der Waals surface area (Å²) >= 11 is 0. The van der Waals surface area contributed by atoms with Crippen LogP contribution in [0.5, 0.6) is 5.88 Å². The van der Waals surface area contributed by atoms with Gasteiger partial charge in [-0.05, 0) is 38.0 Å². The molecule has 2 aromatic heterocycles. The number of rotatable bonds is 6. The molecule has 0 aliphatic carbocycles.